The molecule has 0 N–H and O–H groups in total. The molecular weight excluding hydrogens is 573 g/mol. The van der Waals surface area contributed by atoms with E-state index < -0.39 is 23.4 Å². The maximum Gasteiger partial charge on any atom is 0.337 e. The average molecular weight is 599 g/mol. The molecule has 44 heavy (non-hydrogen) atoms. The van der Waals surface area contributed by atoms with Crippen molar-refractivity contribution in [3.63, 3.8) is 0 Å². The Morgan fingerprint density at radius 3 is 2.50 bits per heavy atom. The number of carbonyl (C=O) groups excluding carboxylic acids is 1. The Labute approximate surface area is 250 Å². The van der Waals surface area contributed by atoms with Crippen LogP contribution in [0.5, 0.6) is 5.88 Å². The molecule has 0 saturated carbocycles. The second kappa shape index (κ2) is 12.2. The van der Waals surface area contributed by atoms with Gasteiger partial charge < -0.3 is 18.8 Å². The quantitative estimate of drug-likeness (QED) is 0.188. The summed E-state index contributed by atoms with van der Waals surface area (Å²) in [5.74, 6) is -2.15. The van der Waals surface area contributed by atoms with Gasteiger partial charge in [-0.2, -0.15) is 5.26 Å². The number of hydrogen-bond donors (Lipinski definition) is 0. The van der Waals surface area contributed by atoms with Crippen molar-refractivity contribution < 1.29 is 32.2 Å². The molecule has 2 aromatic heterocycles. The van der Waals surface area contributed by atoms with Gasteiger partial charge in [-0.05, 0) is 60.5 Å². The second-order valence-electron chi connectivity index (χ2n) is 10.3. The lowest BCUT2D eigenvalue weighted by atomic mass is 10.0. The topological polar surface area (TPSA) is 99.3 Å². The molecule has 0 radical (unpaired) electrons. The summed E-state index contributed by atoms with van der Waals surface area (Å²) in [7, 11) is 1.32. The molecule has 1 aliphatic rings. The molecule has 11 heteroatoms. The first-order chi connectivity index (χ1) is 21.3. The lowest BCUT2D eigenvalue weighted by molar-refractivity contribution is -0.0589. The van der Waals surface area contributed by atoms with E-state index in [4.69, 9.17) is 24.5 Å². The van der Waals surface area contributed by atoms with E-state index in [1.165, 1.54) is 31.4 Å². The minimum absolute atomic E-state index is 0.00507. The molecule has 0 amide bonds. The van der Waals surface area contributed by atoms with Gasteiger partial charge in [0.05, 0.1) is 53.7 Å². The monoisotopic (exact) mass is 598 g/mol. The van der Waals surface area contributed by atoms with Crippen LogP contribution in [0.15, 0.2) is 66.7 Å². The maximum absolute atomic E-state index is 15.5. The molecule has 0 aliphatic carbocycles. The standard InChI is InChI=1S/C33H25F3N4O4/c1-42-33(41)22-6-8-29-30(14-22)40(17-24-10-11-43-24)31(38-29)15-20-4-5-21(13-27(20)36)28-9-7-25(34)32(39-28)44-18-23-3-2-19(16-37)12-26(23)35/h2-9,12-14,24H,10-11,15,17-18H2,1H3/t24-/m0/s1. The lowest BCUT2D eigenvalue weighted by Crippen LogP contribution is -2.31. The highest BCUT2D eigenvalue weighted by molar-refractivity contribution is 5.93. The van der Waals surface area contributed by atoms with E-state index in [-0.39, 0.29) is 41.8 Å². The number of hydrogen-bond acceptors (Lipinski definition) is 7. The van der Waals surface area contributed by atoms with E-state index in [9.17, 15) is 13.6 Å². The van der Waals surface area contributed by atoms with Crippen molar-refractivity contribution in [1.29, 1.82) is 5.26 Å². The number of fused-ring (bicyclic) bond motifs is 1. The number of nitrogens with zero attached hydrogens (tertiary/aromatic N) is 4. The van der Waals surface area contributed by atoms with Gasteiger partial charge in [-0.25, -0.2) is 27.9 Å². The molecule has 1 atom stereocenters. The molecule has 1 aliphatic heterocycles. The number of methoxy groups -OCH3 is 1. The van der Waals surface area contributed by atoms with Crippen LogP contribution >= 0.6 is 0 Å². The molecule has 3 heterocycles. The first-order valence-corrected chi connectivity index (χ1v) is 13.8. The fourth-order valence-corrected chi connectivity index (χ4v) is 4.97. The summed E-state index contributed by atoms with van der Waals surface area (Å²) in [4.78, 5) is 21.1. The molecule has 8 nitrogen and oxygen atoms in total. The number of carbonyl (C=O) groups is 1. The zero-order valence-corrected chi connectivity index (χ0v) is 23.5. The van der Waals surface area contributed by atoms with Gasteiger partial charge in [-0.15, -0.1) is 0 Å². The lowest BCUT2D eigenvalue weighted by Gasteiger charge is -2.27. The van der Waals surface area contributed by atoms with Crippen LogP contribution in [0, 0.1) is 28.8 Å². The van der Waals surface area contributed by atoms with Gasteiger partial charge in [0.25, 0.3) is 5.88 Å². The SMILES string of the molecule is COC(=O)c1ccc2nc(Cc3ccc(-c4ccc(F)c(OCc5ccc(C#N)cc5F)n4)cc3F)n(C[C@@H]3CCO3)c2c1. The van der Waals surface area contributed by atoms with Crippen LogP contribution in [0.25, 0.3) is 22.3 Å². The van der Waals surface area contributed by atoms with Crippen molar-refractivity contribution in [1.82, 2.24) is 14.5 Å². The van der Waals surface area contributed by atoms with Gasteiger partial charge in [0.2, 0.25) is 0 Å². The summed E-state index contributed by atoms with van der Waals surface area (Å²) in [5, 5.41) is 8.91. The summed E-state index contributed by atoms with van der Waals surface area (Å²) in [6, 6.07) is 17.9. The molecule has 1 saturated heterocycles. The Bertz CT molecular complexity index is 1930. The zero-order chi connectivity index (χ0) is 30.8. The zero-order valence-electron chi connectivity index (χ0n) is 23.5. The number of pyridine rings is 1. The molecule has 1 fully saturated rings. The van der Waals surface area contributed by atoms with E-state index >= 15 is 4.39 Å². The molecule has 222 valence electrons. The van der Waals surface area contributed by atoms with Gasteiger partial charge in [-0.3, -0.25) is 0 Å². The average Bonchev–Trinajstić information content (AvgIpc) is 3.35. The predicted octanol–water partition coefficient (Wildman–Crippen LogP) is 6.13. The third kappa shape index (κ3) is 5.85. The van der Waals surface area contributed by atoms with E-state index in [2.05, 4.69) is 4.98 Å². The number of imidazole rings is 1. The fourth-order valence-electron chi connectivity index (χ4n) is 4.97. The predicted molar refractivity (Wildman–Crippen MR) is 153 cm³/mol. The molecule has 0 bridgehead atoms. The van der Waals surface area contributed by atoms with Crippen LogP contribution in [-0.4, -0.2) is 40.3 Å². The van der Waals surface area contributed by atoms with Crippen LogP contribution in [-0.2, 0) is 29.0 Å². The first-order valence-electron chi connectivity index (χ1n) is 13.8. The summed E-state index contributed by atoms with van der Waals surface area (Å²) >= 11 is 0. The van der Waals surface area contributed by atoms with Crippen LogP contribution in [0.4, 0.5) is 13.2 Å². The van der Waals surface area contributed by atoms with Crippen molar-refractivity contribution in [2.45, 2.75) is 32.1 Å². The van der Waals surface area contributed by atoms with Gasteiger partial charge in [0.15, 0.2) is 5.82 Å². The van der Waals surface area contributed by atoms with Crippen molar-refractivity contribution in [3.05, 3.63) is 112 Å². The minimum Gasteiger partial charge on any atom is -0.471 e. The molecular formula is C33H25F3N4O4. The van der Waals surface area contributed by atoms with E-state index in [0.29, 0.717) is 41.2 Å². The highest BCUT2D eigenvalue weighted by atomic mass is 19.1. The van der Waals surface area contributed by atoms with Crippen LogP contribution < -0.4 is 4.74 Å². The summed E-state index contributed by atoms with van der Waals surface area (Å²) in [6.07, 6.45) is 1.05. The second-order valence-corrected chi connectivity index (χ2v) is 10.3. The van der Waals surface area contributed by atoms with E-state index in [1.807, 2.05) is 10.6 Å². The van der Waals surface area contributed by atoms with Gasteiger partial charge in [0.1, 0.15) is 24.1 Å². The first kappa shape index (κ1) is 28.9. The van der Waals surface area contributed by atoms with Gasteiger partial charge in [0, 0.05) is 24.2 Å². The third-order valence-electron chi connectivity index (χ3n) is 7.49. The number of ether oxygens (including phenoxy) is 3. The third-order valence-corrected chi connectivity index (χ3v) is 7.49. The largest absolute Gasteiger partial charge is 0.471 e. The van der Waals surface area contributed by atoms with Crippen molar-refractivity contribution in [3.8, 4) is 23.2 Å². The Kier molecular flexibility index (Phi) is 8.00. The van der Waals surface area contributed by atoms with Gasteiger partial charge >= 0.3 is 5.97 Å². The van der Waals surface area contributed by atoms with Gasteiger partial charge in [-0.1, -0.05) is 18.2 Å². The van der Waals surface area contributed by atoms with Crippen LogP contribution in [0.1, 0.15) is 39.3 Å². The maximum atomic E-state index is 15.5. The number of rotatable bonds is 9. The number of esters is 1. The smallest absolute Gasteiger partial charge is 0.337 e. The van der Waals surface area contributed by atoms with E-state index in [1.54, 1.807) is 30.3 Å². The molecule has 6 rings (SSSR count). The van der Waals surface area contributed by atoms with Crippen LogP contribution in [0.2, 0.25) is 0 Å². The highest BCUT2D eigenvalue weighted by Gasteiger charge is 2.23. The Hall–Kier alpha value is -5.21. The number of nitriles is 1. The Morgan fingerprint density at radius 1 is 1.00 bits per heavy atom. The van der Waals surface area contributed by atoms with Crippen molar-refractivity contribution in [2.24, 2.45) is 0 Å². The van der Waals surface area contributed by atoms with Crippen molar-refractivity contribution in [2.75, 3.05) is 13.7 Å². The number of halogens is 3. The molecule has 5 aromatic rings. The van der Waals surface area contributed by atoms with Crippen LogP contribution in [0.3, 0.4) is 0 Å². The fraction of sp³-hybridized carbons (Fsp3) is 0.212. The normalized spacial score (nSPS) is 14.2. The molecule has 0 unspecified atom stereocenters. The minimum atomic E-state index is -0.760. The van der Waals surface area contributed by atoms with Crippen molar-refractivity contribution >= 4 is 17.0 Å². The molecule has 0 spiro atoms. The summed E-state index contributed by atoms with van der Waals surface area (Å²) < 4.78 is 62.1. The number of aromatic nitrogens is 3. The Balaban J connectivity index is 1.25. The van der Waals surface area contributed by atoms with E-state index in [0.717, 1.165) is 24.1 Å². The Morgan fingerprint density at radius 2 is 1.80 bits per heavy atom. The summed E-state index contributed by atoms with van der Waals surface area (Å²) in [6.45, 7) is 0.865. The molecule has 3 aromatic carbocycles. The summed E-state index contributed by atoms with van der Waals surface area (Å²) in [5.41, 5.74) is 3.07. The highest BCUT2D eigenvalue weighted by Crippen LogP contribution is 2.28. The number of benzene rings is 3.